The maximum atomic E-state index is 12.9. The van der Waals surface area contributed by atoms with Crippen LogP contribution in [0.25, 0.3) is 22.0 Å². The fourth-order valence-electron chi connectivity index (χ4n) is 4.89. The minimum atomic E-state index is 0.279. The highest BCUT2D eigenvalue weighted by atomic mass is 16.2. The number of aryl methyl sites for hydroxylation is 1. The molecule has 5 nitrogen and oxygen atoms in total. The van der Waals surface area contributed by atoms with Crippen LogP contribution in [-0.4, -0.2) is 38.2 Å². The van der Waals surface area contributed by atoms with Gasteiger partial charge in [-0.15, -0.1) is 0 Å². The SMILES string of the molecule is C[C@@H]1C[C@H](Cn2ccc3cc(-c4cn[nH]c4)ccc32)CN1C(=O)CCc1ccccc1. The van der Waals surface area contributed by atoms with E-state index in [-0.39, 0.29) is 5.91 Å². The lowest BCUT2D eigenvalue weighted by Crippen LogP contribution is -2.34. The summed E-state index contributed by atoms with van der Waals surface area (Å²) in [5.74, 6) is 0.765. The number of carbonyl (C=O) groups excluding carboxylic acids is 1. The van der Waals surface area contributed by atoms with Crippen LogP contribution < -0.4 is 0 Å². The topological polar surface area (TPSA) is 53.9 Å². The quantitative estimate of drug-likeness (QED) is 0.490. The van der Waals surface area contributed by atoms with Crippen LogP contribution in [0.2, 0.25) is 0 Å². The number of benzene rings is 2. The molecule has 2 aromatic carbocycles. The Hall–Kier alpha value is -3.34. The summed E-state index contributed by atoms with van der Waals surface area (Å²) in [6.07, 6.45) is 8.40. The van der Waals surface area contributed by atoms with Crippen LogP contribution in [0, 0.1) is 5.92 Å². The van der Waals surface area contributed by atoms with E-state index in [1.165, 1.54) is 22.0 Å². The first-order chi connectivity index (χ1) is 15.2. The summed E-state index contributed by atoms with van der Waals surface area (Å²) in [7, 11) is 0. The molecular formula is C26H28N4O. The van der Waals surface area contributed by atoms with Gasteiger partial charge in [0, 0.05) is 54.4 Å². The molecule has 1 amide bonds. The molecule has 31 heavy (non-hydrogen) atoms. The van der Waals surface area contributed by atoms with Gasteiger partial charge in [-0.2, -0.15) is 5.10 Å². The van der Waals surface area contributed by atoms with E-state index < -0.39 is 0 Å². The first-order valence-corrected chi connectivity index (χ1v) is 11.1. The van der Waals surface area contributed by atoms with Gasteiger partial charge in [-0.3, -0.25) is 9.89 Å². The van der Waals surface area contributed by atoms with E-state index in [9.17, 15) is 4.79 Å². The largest absolute Gasteiger partial charge is 0.347 e. The number of nitrogens with one attached hydrogen (secondary N) is 1. The highest BCUT2D eigenvalue weighted by Crippen LogP contribution is 2.29. The normalized spacial score (nSPS) is 18.7. The van der Waals surface area contributed by atoms with Gasteiger partial charge in [-0.25, -0.2) is 0 Å². The van der Waals surface area contributed by atoms with Crippen molar-refractivity contribution in [3.8, 4) is 11.1 Å². The first kappa shape index (κ1) is 19.6. The molecule has 2 atom stereocenters. The van der Waals surface area contributed by atoms with E-state index >= 15 is 0 Å². The van der Waals surface area contributed by atoms with Crippen molar-refractivity contribution in [2.45, 2.75) is 38.8 Å². The number of aromatic amines is 1. The second-order valence-corrected chi connectivity index (χ2v) is 8.71. The van der Waals surface area contributed by atoms with Crippen molar-refractivity contribution in [3.05, 3.63) is 78.8 Å². The average Bonchev–Trinajstić information content (AvgIpc) is 3.53. The summed E-state index contributed by atoms with van der Waals surface area (Å²) in [6, 6.07) is 19.3. The van der Waals surface area contributed by atoms with E-state index in [4.69, 9.17) is 0 Å². The lowest BCUT2D eigenvalue weighted by molar-refractivity contribution is -0.131. The number of carbonyl (C=O) groups is 1. The van der Waals surface area contributed by atoms with Crippen LogP contribution >= 0.6 is 0 Å². The minimum absolute atomic E-state index is 0.279. The maximum Gasteiger partial charge on any atom is 0.223 e. The molecule has 0 saturated carbocycles. The van der Waals surface area contributed by atoms with E-state index in [1.54, 1.807) is 0 Å². The summed E-state index contributed by atoms with van der Waals surface area (Å²) in [5.41, 5.74) is 4.74. The molecule has 5 heteroatoms. The zero-order valence-electron chi connectivity index (χ0n) is 17.9. The van der Waals surface area contributed by atoms with Gasteiger partial charge in [-0.05, 0) is 55.0 Å². The predicted molar refractivity (Wildman–Crippen MR) is 124 cm³/mol. The summed E-state index contributed by atoms with van der Waals surface area (Å²) >= 11 is 0. The third-order valence-corrected chi connectivity index (χ3v) is 6.51. The summed E-state index contributed by atoms with van der Waals surface area (Å²) < 4.78 is 2.34. The van der Waals surface area contributed by atoms with Crippen molar-refractivity contribution < 1.29 is 4.79 Å². The molecule has 3 heterocycles. The number of hydrogen-bond donors (Lipinski definition) is 1. The van der Waals surface area contributed by atoms with Crippen molar-refractivity contribution in [3.63, 3.8) is 0 Å². The number of likely N-dealkylation sites (tertiary alicyclic amines) is 1. The van der Waals surface area contributed by atoms with Gasteiger partial charge < -0.3 is 9.47 Å². The van der Waals surface area contributed by atoms with E-state index in [0.29, 0.717) is 18.4 Å². The van der Waals surface area contributed by atoms with Crippen LogP contribution in [0.4, 0.5) is 0 Å². The number of hydrogen-bond acceptors (Lipinski definition) is 2. The summed E-state index contributed by atoms with van der Waals surface area (Å²) in [6.45, 7) is 3.98. The summed E-state index contributed by atoms with van der Waals surface area (Å²) in [4.78, 5) is 14.9. The highest BCUT2D eigenvalue weighted by Gasteiger charge is 2.32. The molecule has 1 fully saturated rings. The Bertz CT molecular complexity index is 1160. The molecule has 0 radical (unpaired) electrons. The van der Waals surface area contributed by atoms with Crippen molar-refractivity contribution in [2.75, 3.05) is 6.54 Å². The molecule has 1 aliphatic rings. The van der Waals surface area contributed by atoms with E-state index in [1.807, 2.05) is 30.6 Å². The van der Waals surface area contributed by atoms with Crippen molar-refractivity contribution in [1.82, 2.24) is 19.7 Å². The smallest absolute Gasteiger partial charge is 0.223 e. The van der Waals surface area contributed by atoms with Gasteiger partial charge in [-0.1, -0.05) is 36.4 Å². The molecule has 0 spiro atoms. The van der Waals surface area contributed by atoms with Crippen LogP contribution in [0.3, 0.4) is 0 Å². The minimum Gasteiger partial charge on any atom is -0.347 e. The lowest BCUT2D eigenvalue weighted by Gasteiger charge is -2.21. The molecular weight excluding hydrogens is 384 g/mol. The van der Waals surface area contributed by atoms with Gasteiger partial charge in [0.05, 0.1) is 6.20 Å². The third-order valence-electron chi connectivity index (χ3n) is 6.51. The molecule has 0 unspecified atom stereocenters. The Labute approximate surface area is 182 Å². The van der Waals surface area contributed by atoms with Crippen LogP contribution in [0.15, 0.2) is 73.2 Å². The van der Waals surface area contributed by atoms with E-state index in [0.717, 1.165) is 31.5 Å². The number of rotatable bonds is 6. The van der Waals surface area contributed by atoms with Gasteiger partial charge in [0.2, 0.25) is 5.91 Å². The number of fused-ring (bicyclic) bond motifs is 1. The molecule has 5 rings (SSSR count). The molecule has 158 valence electrons. The monoisotopic (exact) mass is 412 g/mol. The van der Waals surface area contributed by atoms with Crippen LogP contribution in [-0.2, 0) is 17.8 Å². The van der Waals surface area contributed by atoms with Gasteiger partial charge >= 0.3 is 0 Å². The molecule has 1 N–H and O–H groups in total. The van der Waals surface area contributed by atoms with Crippen molar-refractivity contribution in [1.29, 1.82) is 0 Å². The standard InChI is InChI=1S/C26H28N4O/c1-19-13-21(18-30(19)26(31)10-7-20-5-3-2-4-6-20)17-29-12-11-23-14-22(8-9-25(23)29)24-15-27-28-16-24/h2-6,8-9,11-12,14-16,19,21H,7,10,13,17-18H2,1H3,(H,27,28)/t19-,21-/m1/s1. The third kappa shape index (κ3) is 4.13. The summed E-state index contributed by atoms with van der Waals surface area (Å²) in [5, 5.41) is 8.16. The number of aromatic nitrogens is 3. The molecule has 1 aliphatic heterocycles. The van der Waals surface area contributed by atoms with Gasteiger partial charge in [0.15, 0.2) is 0 Å². The van der Waals surface area contributed by atoms with Gasteiger partial charge in [0.25, 0.3) is 0 Å². The molecule has 2 aromatic heterocycles. The molecule has 4 aromatic rings. The second-order valence-electron chi connectivity index (χ2n) is 8.71. The van der Waals surface area contributed by atoms with E-state index in [2.05, 4.69) is 69.2 Å². The zero-order chi connectivity index (χ0) is 21.2. The second kappa shape index (κ2) is 8.42. The fourth-order valence-corrected chi connectivity index (χ4v) is 4.89. The predicted octanol–water partition coefficient (Wildman–Crippen LogP) is 4.90. The molecule has 0 bridgehead atoms. The Kier molecular flexibility index (Phi) is 5.33. The van der Waals surface area contributed by atoms with Gasteiger partial charge in [0.1, 0.15) is 0 Å². The van der Waals surface area contributed by atoms with Crippen LogP contribution in [0.1, 0.15) is 25.3 Å². The number of H-pyrrole nitrogens is 1. The van der Waals surface area contributed by atoms with Crippen LogP contribution in [0.5, 0.6) is 0 Å². The molecule has 1 saturated heterocycles. The maximum absolute atomic E-state index is 12.9. The Balaban J connectivity index is 1.23. The average molecular weight is 413 g/mol. The highest BCUT2D eigenvalue weighted by molar-refractivity contribution is 5.85. The lowest BCUT2D eigenvalue weighted by atomic mass is 10.1. The van der Waals surface area contributed by atoms with Crippen molar-refractivity contribution in [2.24, 2.45) is 5.92 Å². The Morgan fingerprint density at radius 1 is 1.13 bits per heavy atom. The molecule has 0 aliphatic carbocycles. The fraction of sp³-hybridized carbons (Fsp3) is 0.308. The number of nitrogens with zero attached hydrogens (tertiary/aromatic N) is 3. The van der Waals surface area contributed by atoms with Crippen molar-refractivity contribution >= 4 is 16.8 Å². The first-order valence-electron chi connectivity index (χ1n) is 11.1. The number of amides is 1. The Morgan fingerprint density at radius 2 is 2.00 bits per heavy atom. The zero-order valence-corrected chi connectivity index (χ0v) is 17.9. The Morgan fingerprint density at radius 3 is 2.81 bits per heavy atom.